The van der Waals surface area contributed by atoms with E-state index in [-0.39, 0.29) is 5.91 Å². The van der Waals surface area contributed by atoms with Gasteiger partial charge >= 0.3 is 0 Å². The van der Waals surface area contributed by atoms with Crippen LogP contribution in [0.5, 0.6) is 0 Å². The molecule has 1 saturated heterocycles. The van der Waals surface area contributed by atoms with Gasteiger partial charge in [0.25, 0.3) is 0 Å². The lowest BCUT2D eigenvalue weighted by atomic mass is 10.4. The van der Waals surface area contributed by atoms with E-state index in [1.807, 2.05) is 0 Å². The molecule has 1 aromatic carbocycles. The molecule has 1 heterocycles. The van der Waals surface area contributed by atoms with Crippen molar-refractivity contribution >= 4 is 13.3 Å². The minimum Gasteiger partial charge on any atom is -0.356 e. The number of benzene rings is 1. The lowest BCUT2D eigenvalue weighted by Crippen LogP contribution is -2.56. The molecule has 1 fully saturated rings. The molecule has 1 aliphatic rings. The summed E-state index contributed by atoms with van der Waals surface area (Å²) in [6.45, 7) is 6.29. The molecular formula is C12H18O2Si. The molecule has 0 atom stereocenters. The van der Waals surface area contributed by atoms with E-state index in [9.17, 15) is 0 Å². The number of hydrogen-bond acceptors (Lipinski definition) is 2. The van der Waals surface area contributed by atoms with Crippen molar-refractivity contribution < 1.29 is 9.47 Å². The Kier molecular flexibility index (Phi) is 3.24. The second kappa shape index (κ2) is 4.47. The monoisotopic (exact) mass is 222 g/mol. The molecule has 0 aliphatic carbocycles. The SMILES string of the molecule is C[Si](C)(c1ccccc1)C1OCCCO1. The third kappa shape index (κ3) is 2.30. The Labute approximate surface area is 92.2 Å². The summed E-state index contributed by atoms with van der Waals surface area (Å²) < 4.78 is 11.5. The quantitative estimate of drug-likeness (QED) is 0.712. The normalized spacial score (nSPS) is 19.1. The highest BCUT2D eigenvalue weighted by molar-refractivity contribution is 6.90. The highest BCUT2D eigenvalue weighted by Crippen LogP contribution is 2.17. The van der Waals surface area contributed by atoms with Gasteiger partial charge < -0.3 is 9.47 Å². The van der Waals surface area contributed by atoms with E-state index in [4.69, 9.17) is 9.47 Å². The molecule has 3 heteroatoms. The Morgan fingerprint density at radius 3 is 2.27 bits per heavy atom. The van der Waals surface area contributed by atoms with Crippen molar-refractivity contribution in [2.24, 2.45) is 0 Å². The number of ether oxygens (including phenoxy) is 2. The van der Waals surface area contributed by atoms with Crippen molar-refractivity contribution in [3.8, 4) is 0 Å². The van der Waals surface area contributed by atoms with Crippen molar-refractivity contribution in [1.82, 2.24) is 0 Å². The Balaban J connectivity index is 2.18. The zero-order valence-corrected chi connectivity index (χ0v) is 10.4. The summed E-state index contributed by atoms with van der Waals surface area (Å²) in [5, 5.41) is 1.40. The highest BCUT2D eigenvalue weighted by Gasteiger charge is 2.36. The molecule has 0 amide bonds. The zero-order chi connectivity index (χ0) is 10.7. The van der Waals surface area contributed by atoms with Gasteiger partial charge in [-0.3, -0.25) is 0 Å². The van der Waals surface area contributed by atoms with Gasteiger partial charge in [0.05, 0.1) is 13.2 Å². The van der Waals surface area contributed by atoms with Crippen LogP contribution in [0.1, 0.15) is 6.42 Å². The average molecular weight is 222 g/mol. The molecule has 0 bridgehead atoms. The first-order valence-electron chi connectivity index (χ1n) is 5.50. The zero-order valence-electron chi connectivity index (χ0n) is 9.40. The van der Waals surface area contributed by atoms with Crippen LogP contribution in [0.2, 0.25) is 13.1 Å². The maximum absolute atomic E-state index is 5.74. The minimum absolute atomic E-state index is 0.0219. The average Bonchev–Trinajstić information content (AvgIpc) is 2.31. The van der Waals surface area contributed by atoms with E-state index in [2.05, 4.69) is 43.4 Å². The first-order chi connectivity index (χ1) is 7.21. The molecule has 0 N–H and O–H groups in total. The summed E-state index contributed by atoms with van der Waals surface area (Å²) in [5.41, 5.74) is 0. The Bertz CT molecular complexity index is 305. The van der Waals surface area contributed by atoms with Gasteiger partial charge in [-0.05, 0) is 6.42 Å². The molecule has 1 aromatic rings. The fourth-order valence-corrected chi connectivity index (χ4v) is 4.30. The first-order valence-corrected chi connectivity index (χ1v) is 8.58. The van der Waals surface area contributed by atoms with E-state index in [0.717, 1.165) is 19.6 Å². The lowest BCUT2D eigenvalue weighted by Gasteiger charge is -2.35. The molecule has 0 aromatic heterocycles. The van der Waals surface area contributed by atoms with Gasteiger partial charge in [0, 0.05) is 0 Å². The summed E-state index contributed by atoms with van der Waals surface area (Å²) in [7, 11) is -1.62. The summed E-state index contributed by atoms with van der Waals surface area (Å²) in [4.78, 5) is 0. The maximum Gasteiger partial charge on any atom is 0.146 e. The molecule has 1 aliphatic heterocycles. The van der Waals surface area contributed by atoms with Crippen LogP contribution in [0.15, 0.2) is 30.3 Å². The fraction of sp³-hybridized carbons (Fsp3) is 0.500. The van der Waals surface area contributed by atoms with E-state index >= 15 is 0 Å². The van der Waals surface area contributed by atoms with Gasteiger partial charge in [-0.2, -0.15) is 0 Å². The van der Waals surface area contributed by atoms with Crippen LogP contribution >= 0.6 is 0 Å². The second-order valence-electron chi connectivity index (χ2n) is 4.51. The van der Waals surface area contributed by atoms with Crippen LogP contribution < -0.4 is 5.19 Å². The third-order valence-electron chi connectivity index (χ3n) is 2.93. The van der Waals surface area contributed by atoms with Crippen LogP contribution in [0, 0.1) is 0 Å². The Morgan fingerprint density at radius 1 is 1.07 bits per heavy atom. The summed E-state index contributed by atoms with van der Waals surface area (Å²) in [5.74, 6) is 0.0219. The maximum atomic E-state index is 5.74. The Morgan fingerprint density at radius 2 is 1.67 bits per heavy atom. The molecule has 2 nitrogen and oxygen atoms in total. The predicted molar refractivity (Wildman–Crippen MR) is 63.9 cm³/mol. The largest absolute Gasteiger partial charge is 0.356 e. The molecular weight excluding hydrogens is 204 g/mol. The van der Waals surface area contributed by atoms with Crippen LogP contribution in [0.25, 0.3) is 0 Å². The van der Waals surface area contributed by atoms with Crippen LogP contribution in [-0.4, -0.2) is 27.2 Å². The van der Waals surface area contributed by atoms with Crippen molar-refractivity contribution in [3.05, 3.63) is 30.3 Å². The molecule has 0 saturated carbocycles. The van der Waals surface area contributed by atoms with E-state index in [0.29, 0.717) is 0 Å². The van der Waals surface area contributed by atoms with Crippen molar-refractivity contribution in [2.75, 3.05) is 13.2 Å². The standard InChI is InChI=1S/C12H18O2Si/c1-15(2,11-7-4-3-5-8-11)12-13-9-6-10-14-12/h3-5,7-8,12H,6,9-10H2,1-2H3. The second-order valence-corrected chi connectivity index (χ2v) is 9.01. The van der Waals surface area contributed by atoms with Gasteiger partial charge in [-0.1, -0.05) is 48.6 Å². The van der Waals surface area contributed by atoms with Gasteiger partial charge in [-0.25, -0.2) is 0 Å². The molecule has 0 radical (unpaired) electrons. The van der Waals surface area contributed by atoms with Crippen LogP contribution in [-0.2, 0) is 9.47 Å². The van der Waals surface area contributed by atoms with Gasteiger partial charge in [0.2, 0.25) is 0 Å². The molecule has 0 spiro atoms. The summed E-state index contributed by atoms with van der Waals surface area (Å²) in [6, 6.07) is 10.6. The van der Waals surface area contributed by atoms with E-state index < -0.39 is 8.07 Å². The predicted octanol–water partition coefficient (Wildman–Crippen LogP) is 1.90. The van der Waals surface area contributed by atoms with E-state index in [1.165, 1.54) is 5.19 Å². The van der Waals surface area contributed by atoms with E-state index in [1.54, 1.807) is 0 Å². The topological polar surface area (TPSA) is 18.5 Å². The van der Waals surface area contributed by atoms with Crippen molar-refractivity contribution in [1.29, 1.82) is 0 Å². The Hall–Kier alpha value is -0.643. The molecule has 2 rings (SSSR count). The number of hydrogen-bond donors (Lipinski definition) is 0. The highest BCUT2D eigenvalue weighted by atomic mass is 28.3. The number of rotatable bonds is 2. The summed E-state index contributed by atoms with van der Waals surface area (Å²) >= 11 is 0. The fourth-order valence-electron chi connectivity index (χ4n) is 1.91. The van der Waals surface area contributed by atoms with Gasteiger partial charge in [0.15, 0.2) is 0 Å². The summed E-state index contributed by atoms with van der Waals surface area (Å²) in [6.07, 6.45) is 1.02. The third-order valence-corrected chi connectivity index (χ3v) is 6.27. The lowest BCUT2D eigenvalue weighted by molar-refractivity contribution is -0.134. The smallest absolute Gasteiger partial charge is 0.146 e. The molecule has 15 heavy (non-hydrogen) atoms. The van der Waals surface area contributed by atoms with Crippen LogP contribution in [0.3, 0.4) is 0 Å². The van der Waals surface area contributed by atoms with Crippen molar-refractivity contribution in [3.63, 3.8) is 0 Å². The molecule has 82 valence electrons. The van der Waals surface area contributed by atoms with Gasteiger partial charge in [0.1, 0.15) is 14.0 Å². The minimum atomic E-state index is -1.62. The first kappa shape index (κ1) is 10.9. The van der Waals surface area contributed by atoms with Crippen LogP contribution in [0.4, 0.5) is 0 Å². The molecule has 0 unspecified atom stereocenters. The van der Waals surface area contributed by atoms with Gasteiger partial charge in [-0.15, -0.1) is 0 Å². The van der Waals surface area contributed by atoms with Crippen molar-refractivity contribution in [2.45, 2.75) is 25.4 Å².